The van der Waals surface area contributed by atoms with Crippen LogP contribution < -0.4 is 22.1 Å². The summed E-state index contributed by atoms with van der Waals surface area (Å²) in [6.07, 6.45) is 1.48. The molecule has 0 atom stereocenters. The van der Waals surface area contributed by atoms with Crippen molar-refractivity contribution in [3.63, 3.8) is 0 Å². The first-order chi connectivity index (χ1) is 19.8. The summed E-state index contributed by atoms with van der Waals surface area (Å²) in [6, 6.07) is 34.6. The number of anilines is 4. The molecule has 0 aliphatic heterocycles. The van der Waals surface area contributed by atoms with E-state index in [2.05, 4.69) is 10.6 Å². The predicted molar refractivity (Wildman–Crippen MR) is 164 cm³/mol. The zero-order valence-corrected chi connectivity index (χ0v) is 22.3. The van der Waals surface area contributed by atoms with Gasteiger partial charge >= 0.3 is 0 Å². The number of phenolic OH excluding ortho intramolecular Hbond substituents is 1. The van der Waals surface area contributed by atoms with Crippen LogP contribution in [0.5, 0.6) is 5.75 Å². The number of amides is 2. The van der Waals surface area contributed by atoms with E-state index in [1.165, 1.54) is 18.2 Å². The highest BCUT2D eigenvalue weighted by Crippen LogP contribution is 2.23. The summed E-state index contributed by atoms with van der Waals surface area (Å²) in [7, 11) is 0. The first-order valence-corrected chi connectivity index (χ1v) is 13.1. The SMILES string of the molecule is Nc1ccc(Cc2ccc(NC(=O)c3ccc(O)c(C(=O)Nc4ccc(Cc5ccc(N)cc5)cc4)c3)cc2)cc1. The van der Waals surface area contributed by atoms with Gasteiger partial charge in [-0.2, -0.15) is 0 Å². The van der Waals surface area contributed by atoms with E-state index < -0.39 is 11.8 Å². The fraction of sp³-hybridized carbons (Fsp3) is 0.0588. The minimum atomic E-state index is -0.518. The average Bonchev–Trinajstić information content (AvgIpc) is 2.97. The van der Waals surface area contributed by atoms with E-state index in [1.54, 1.807) is 12.1 Å². The fourth-order valence-corrected chi connectivity index (χ4v) is 4.42. The lowest BCUT2D eigenvalue weighted by Crippen LogP contribution is -2.16. The van der Waals surface area contributed by atoms with Crippen molar-refractivity contribution in [1.82, 2.24) is 0 Å². The second-order valence-corrected chi connectivity index (χ2v) is 9.87. The Labute approximate surface area is 238 Å². The third kappa shape index (κ3) is 7.10. The van der Waals surface area contributed by atoms with Crippen LogP contribution in [0.25, 0.3) is 0 Å². The van der Waals surface area contributed by atoms with Crippen molar-refractivity contribution in [3.05, 3.63) is 149 Å². The van der Waals surface area contributed by atoms with E-state index in [0.717, 1.165) is 46.5 Å². The number of nitrogens with one attached hydrogen (secondary N) is 2. The van der Waals surface area contributed by atoms with Crippen LogP contribution in [0.2, 0.25) is 0 Å². The molecule has 7 heteroatoms. The summed E-state index contributed by atoms with van der Waals surface area (Å²) < 4.78 is 0. The Balaban J connectivity index is 1.20. The monoisotopic (exact) mass is 542 g/mol. The van der Waals surface area contributed by atoms with Gasteiger partial charge in [-0.15, -0.1) is 0 Å². The smallest absolute Gasteiger partial charge is 0.259 e. The Kier molecular flexibility index (Phi) is 7.97. The Morgan fingerprint density at radius 2 is 0.927 bits per heavy atom. The number of rotatable bonds is 8. The highest BCUT2D eigenvalue weighted by atomic mass is 16.3. The predicted octanol–water partition coefficient (Wildman–Crippen LogP) is 6.24. The number of aromatic hydroxyl groups is 1. The van der Waals surface area contributed by atoms with Crippen LogP contribution in [-0.4, -0.2) is 16.9 Å². The van der Waals surface area contributed by atoms with Crippen molar-refractivity contribution in [2.24, 2.45) is 0 Å². The van der Waals surface area contributed by atoms with Crippen LogP contribution in [-0.2, 0) is 12.8 Å². The molecule has 204 valence electrons. The number of nitrogen functional groups attached to an aromatic ring is 2. The molecule has 0 fully saturated rings. The van der Waals surface area contributed by atoms with Gasteiger partial charge in [-0.3, -0.25) is 9.59 Å². The lowest BCUT2D eigenvalue weighted by Gasteiger charge is -2.11. The van der Waals surface area contributed by atoms with Gasteiger partial charge in [0.15, 0.2) is 0 Å². The van der Waals surface area contributed by atoms with Crippen LogP contribution in [0.15, 0.2) is 115 Å². The van der Waals surface area contributed by atoms with Gasteiger partial charge in [-0.25, -0.2) is 0 Å². The standard InChI is InChI=1S/C34H30N4O3/c35-27-10-1-22(2-11-27)19-24-5-14-29(15-6-24)37-33(40)26-9-18-32(39)31(21-26)34(41)38-30-16-7-25(8-17-30)20-23-3-12-28(36)13-4-23/h1-18,21,39H,19-20,35-36H2,(H,37,40)(H,38,41). The molecule has 2 amide bonds. The molecule has 7 nitrogen and oxygen atoms in total. The van der Waals surface area contributed by atoms with Crippen LogP contribution in [0.3, 0.4) is 0 Å². The van der Waals surface area contributed by atoms with Crippen LogP contribution in [0, 0.1) is 0 Å². The van der Waals surface area contributed by atoms with E-state index in [1.807, 2.05) is 84.9 Å². The molecule has 0 aromatic heterocycles. The molecular formula is C34H30N4O3. The molecule has 0 bridgehead atoms. The molecular weight excluding hydrogens is 512 g/mol. The fourth-order valence-electron chi connectivity index (χ4n) is 4.42. The zero-order valence-electron chi connectivity index (χ0n) is 22.3. The van der Waals surface area contributed by atoms with Gasteiger partial charge < -0.3 is 27.2 Å². The first-order valence-electron chi connectivity index (χ1n) is 13.1. The van der Waals surface area contributed by atoms with Crippen LogP contribution in [0.4, 0.5) is 22.7 Å². The Morgan fingerprint density at radius 1 is 0.537 bits per heavy atom. The van der Waals surface area contributed by atoms with Crippen molar-refractivity contribution in [2.45, 2.75) is 12.8 Å². The molecule has 0 unspecified atom stereocenters. The van der Waals surface area contributed by atoms with Gasteiger partial charge in [-0.05, 0) is 102 Å². The number of carbonyl (C=O) groups excluding carboxylic acids is 2. The van der Waals surface area contributed by atoms with Gasteiger partial charge in [0.2, 0.25) is 0 Å². The van der Waals surface area contributed by atoms with E-state index in [-0.39, 0.29) is 16.9 Å². The largest absolute Gasteiger partial charge is 0.507 e. The summed E-state index contributed by atoms with van der Waals surface area (Å²) in [6.45, 7) is 0. The number of nitrogens with two attached hydrogens (primary N) is 2. The second-order valence-electron chi connectivity index (χ2n) is 9.87. The van der Waals surface area contributed by atoms with Gasteiger partial charge in [0, 0.05) is 28.3 Å². The maximum atomic E-state index is 13.0. The minimum Gasteiger partial charge on any atom is -0.507 e. The average molecular weight is 543 g/mol. The molecule has 7 N–H and O–H groups in total. The molecule has 0 aliphatic rings. The third-order valence-corrected chi connectivity index (χ3v) is 6.70. The maximum absolute atomic E-state index is 13.0. The van der Waals surface area contributed by atoms with E-state index in [0.29, 0.717) is 11.4 Å². The number of carbonyl (C=O) groups is 2. The highest BCUT2D eigenvalue weighted by molar-refractivity contribution is 6.10. The molecule has 0 saturated heterocycles. The Hall–Kier alpha value is -5.56. The summed E-state index contributed by atoms with van der Waals surface area (Å²) in [5.41, 5.74) is 18.8. The van der Waals surface area contributed by atoms with Gasteiger partial charge in [0.05, 0.1) is 5.56 Å². The molecule has 5 aromatic carbocycles. The second kappa shape index (κ2) is 12.1. The van der Waals surface area contributed by atoms with E-state index >= 15 is 0 Å². The van der Waals surface area contributed by atoms with Gasteiger partial charge in [0.1, 0.15) is 5.75 Å². The Morgan fingerprint density at radius 3 is 1.37 bits per heavy atom. The molecule has 5 rings (SSSR count). The number of phenols is 1. The molecule has 0 heterocycles. The first kappa shape index (κ1) is 27.0. The molecule has 0 aliphatic carbocycles. The minimum absolute atomic E-state index is 0.00227. The summed E-state index contributed by atoms with van der Waals surface area (Å²) >= 11 is 0. The van der Waals surface area contributed by atoms with Crippen LogP contribution >= 0.6 is 0 Å². The van der Waals surface area contributed by atoms with Gasteiger partial charge in [-0.1, -0.05) is 48.5 Å². The van der Waals surface area contributed by atoms with Crippen molar-refractivity contribution in [2.75, 3.05) is 22.1 Å². The van der Waals surface area contributed by atoms with Crippen molar-refractivity contribution < 1.29 is 14.7 Å². The topological polar surface area (TPSA) is 130 Å². The van der Waals surface area contributed by atoms with Crippen molar-refractivity contribution in [3.8, 4) is 5.75 Å². The van der Waals surface area contributed by atoms with Crippen molar-refractivity contribution >= 4 is 34.6 Å². The summed E-state index contributed by atoms with van der Waals surface area (Å²) in [4.78, 5) is 25.9. The number of hydrogen-bond acceptors (Lipinski definition) is 5. The third-order valence-electron chi connectivity index (χ3n) is 6.70. The van der Waals surface area contributed by atoms with Crippen LogP contribution in [0.1, 0.15) is 43.0 Å². The molecule has 0 saturated carbocycles. The highest BCUT2D eigenvalue weighted by Gasteiger charge is 2.16. The summed E-state index contributed by atoms with van der Waals surface area (Å²) in [5, 5.41) is 16.0. The van der Waals surface area contributed by atoms with Gasteiger partial charge in [0.25, 0.3) is 11.8 Å². The van der Waals surface area contributed by atoms with E-state index in [4.69, 9.17) is 11.5 Å². The zero-order chi connectivity index (χ0) is 28.8. The molecule has 41 heavy (non-hydrogen) atoms. The molecule has 0 radical (unpaired) electrons. The molecule has 0 spiro atoms. The normalized spacial score (nSPS) is 10.6. The maximum Gasteiger partial charge on any atom is 0.259 e. The quantitative estimate of drug-likeness (QED) is 0.148. The number of hydrogen-bond donors (Lipinski definition) is 5. The number of benzene rings is 5. The molecule has 5 aromatic rings. The lowest BCUT2D eigenvalue weighted by atomic mass is 10.0. The van der Waals surface area contributed by atoms with E-state index in [9.17, 15) is 14.7 Å². The van der Waals surface area contributed by atoms with Crippen molar-refractivity contribution in [1.29, 1.82) is 0 Å². The summed E-state index contributed by atoms with van der Waals surface area (Å²) in [5.74, 6) is -1.13. The lowest BCUT2D eigenvalue weighted by molar-refractivity contribution is 0.102. The Bertz CT molecular complexity index is 1660.